The van der Waals surface area contributed by atoms with E-state index in [-0.39, 0.29) is 0 Å². The minimum atomic E-state index is -4.84. The van der Waals surface area contributed by atoms with Gasteiger partial charge in [-0.1, -0.05) is 6.58 Å². The Kier molecular flexibility index (Phi) is 4.03. The van der Waals surface area contributed by atoms with Crippen molar-refractivity contribution in [1.82, 2.24) is 0 Å². The fourth-order valence-corrected chi connectivity index (χ4v) is 0.414. The number of halogens is 5. The van der Waals surface area contributed by atoms with Gasteiger partial charge < -0.3 is 4.74 Å². The minimum Gasteiger partial charge on any atom is -0.395 e. The number of rotatable bonds is 4. The summed E-state index contributed by atoms with van der Waals surface area (Å²) in [7, 11) is 0. The van der Waals surface area contributed by atoms with Gasteiger partial charge in [-0.25, -0.2) is 18.0 Å². The van der Waals surface area contributed by atoms with Crippen molar-refractivity contribution in [3.05, 3.63) is 12.2 Å². The molecule has 2 nitrogen and oxygen atoms in total. The van der Waals surface area contributed by atoms with Gasteiger partial charge in [-0.3, -0.25) is 0 Å². The Balaban J connectivity index is 4.48. The number of alkyl halides is 5. The molecule has 0 rings (SSSR count). The lowest BCUT2D eigenvalue weighted by Crippen LogP contribution is -2.40. The maximum absolute atomic E-state index is 12.3. The van der Waals surface area contributed by atoms with E-state index in [1.165, 1.54) is 0 Å². The Morgan fingerprint density at radius 1 is 1.36 bits per heavy atom. The zero-order chi connectivity index (χ0) is 11.5. The van der Waals surface area contributed by atoms with E-state index in [1.807, 2.05) is 0 Å². The topological polar surface area (TPSA) is 26.3 Å². The maximum atomic E-state index is 12.3. The average Bonchev–Trinajstić information content (AvgIpc) is 2.01. The standard InChI is InChI=1S/C7H7F5O2/c1-3(2)6(13)14-7(11,12)4(8)5(9)10/h4-5H,1H2,2H3. The highest BCUT2D eigenvalue weighted by Gasteiger charge is 2.50. The molecular weight excluding hydrogens is 211 g/mol. The lowest BCUT2D eigenvalue weighted by Gasteiger charge is -2.19. The number of esters is 1. The van der Waals surface area contributed by atoms with Crippen LogP contribution in [0.15, 0.2) is 12.2 Å². The molecule has 0 N–H and O–H groups in total. The summed E-state index contributed by atoms with van der Waals surface area (Å²) in [5, 5.41) is 0. The lowest BCUT2D eigenvalue weighted by atomic mass is 10.3. The summed E-state index contributed by atoms with van der Waals surface area (Å²) in [4.78, 5) is 10.5. The van der Waals surface area contributed by atoms with Crippen LogP contribution in [0.5, 0.6) is 0 Å². The average molecular weight is 218 g/mol. The molecule has 0 aromatic rings. The van der Waals surface area contributed by atoms with Crippen LogP contribution in [-0.4, -0.2) is 24.7 Å². The highest BCUT2D eigenvalue weighted by Crippen LogP contribution is 2.28. The Hall–Kier alpha value is -1.14. The number of hydrogen-bond donors (Lipinski definition) is 0. The lowest BCUT2D eigenvalue weighted by molar-refractivity contribution is -0.275. The van der Waals surface area contributed by atoms with Crippen LogP contribution in [0.3, 0.4) is 0 Å². The third-order valence-electron chi connectivity index (χ3n) is 1.12. The zero-order valence-electron chi connectivity index (χ0n) is 7.07. The van der Waals surface area contributed by atoms with Gasteiger partial charge in [-0.2, -0.15) is 8.78 Å². The molecule has 1 unspecified atom stereocenters. The van der Waals surface area contributed by atoms with Crippen LogP contribution >= 0.6 is 0 Å². The van der Waals surface area contributed by atoms with E-state index in [0.29, 0.717) is 0 Å². The molecule has 7 heteroatoms. The largest absolute Gasteiger partial charge is 0.438 e. The van der Waals surface area contributed by atoms with E-state index >= 15 is 0 Å². The van der Waals surface area contributed by atoms with E-state index in [4.69, 9.17) is 0 Å². The van der Waals surface area contributed by atoms with Gasteiger partial charge in [0.05, 0.1) is 0 Å². The summed E-state index contributed by atoms with van der Waals surface area (Å²) in [6, 6.07) is 0. The highest BCUT2D eigenvalue weighted by molar-refractivity contribution is 5.87. The van der Waals surface area contributed by atoms with Gasteiger partial charge in [0.2, 0.25) is 0 Å². The molecule has 0 heterocycles. The Bertz CT molecular complexity index is 238. The summed E-state index contributed by atoms with van der Waals surface area (Å²) >= 11 is 0. The predicted octanol–water partition coefficient (Wildman–Crippen LogP) is 2.30. The molecule has 0 fully saturated rings. The summed E-state index contributed by atoms with van der Waals surface area (Å²) in [6.07, 6.45) is -12.6. The molecule has 0 amide bonds. The van der Waals surface area contributed by atoms with Crippen molar-refractivity contribution < 1.29 is 31.5 Å². The number of ether oxygens (including phenoxy) is 1. The molecule has 82 valence electrons. The fourth-order valence-electron chi connectivity index (χ4n) is 0.414. The van der Waals surface area contributed by atoms with Crippen molar-refractivity contribution in [2.24, 2.45) is 0 Å². The van der Waals surface area contributed by atoms with Crippen molar-refractivity contribution in [2.45, 2.75) is 25.6 Å². The van der Waals surface area contributed by atoms with Crippen molar-refractivity contribution in [2.75, 3.05) is 0 Å². The second kappa shape index (κ2) is 4.39. The molecule has 0 saturated carbocycles. The second-order valence-corrected chi connectivity index (χ2v) is 2.47. The first-order valence-electron chi connectivity index (χ1n) is 3.37. The zero-order valence-corrected chi connectivity index (χ0v) is 7.07. The van der Waals surface area contributed by atoms with Crippen LogP contribution in [-0.2, 0) is 9.53 Å². The first-order chi connectivity index (χ1) is 6.18. The fraction of sp³-hybridized carbons (Fsp3) is 0.571. The number of carbonyl (C=O) groups excluding carboxylic acids is 1. The Morgan fingerprint density at radius 2 is 1.79 bits per heavy atom. The quantitative estimate of drug-likeness (QED) is 0.411. The van der Waals surface area contributed by atoms with Crippen LogP contribution in [0.2, 0.25) is 0 Å². The smallest absolute Gasteiger partial charge is 0.395 e. The molecule has 0 aliphatic carbocycles. The monoisotopic (exact) mass is 218 g/mol. The summed E-state index contributed by atoms with van der Waals surface area (Å²) in [5.74, 6) is -1.63. The van der Waals surface area contributed by atoms with E-state index in [2.05, 4.69) is 11.3 Å². The number of carbonyl (C=O) groups is 1. The van der Waals surface area contributed by atoms with Gasteiger partial charge in [0.1, 0.15) is 0 Å². The van der Waals surface area contributed by atoms with Gasteiger partial charge >= 0.3 is 12.1 Å². The van der Waals surface area contributed by atoms with Crippen molar-refractivity contribution in [3.8, 4) is 0 Å². The maximum Gasteiger partial charge on any atom is 0.438 e. The first-order valence-corrected chi connectivity index (χ1v) is 3.37. The van der Waals surface area contributed by atoms with Gasteiger partial charge in [-0.05, 0) is 6.92 Å². The Labute approximate surface area is 76.3 Å². The molecule has 0 radical (unpaired) electrons. The molecule has 0 aromatic heterocycles. The van der Waals surface area contributed by atoms with E-state index in [9.17, 15) is 26.7 Å². The van der Waals surface area contributed by atoms with Crippen LogP contribution in [0.4, 0.5) is 22.0 Å². The van der Waals surface area contributed by atoms with Crippen molar-refractivity contribution >= 4 is 5.97 Å². The molecule has 1 atom stereocenters. The predicted molar refractivity (Wildman–Crippen MR) is 36.8 cm³/mol. The van der Waals surface area contributed by atoms with Crippen LogP contribution in [0.1, 0.15) is 6.92 Å². The van der Waals surface area contributed by atoms with Gasteiger partial charge in [0.25, 0.3) is 12.6 Å². The molecule has 0 bridgehead atoms. The highest BCUT2D eigenvalue weighted by atomic mass is 19.3. The molecule has 14 heavy (non-hydrogen) atoms. The van der Waals surface area contributed by atoms with Gasteiger partial charge in [0.15, 0.2) is 0 Å². The normalized spacial score (nSPS) is 13.9. The van der Waals surface area contributed by atoms with E-state index in [1.54, 1.807) is 0 Å². The molecule has 0 aliphatic rings. The van der Waals surface area contributed by atoms with Crippen LogP contribution < -0.4 is 0 Å². The number of hydrogen-bond acceptors (Lipinski definition) is 2. The molecule has 0 spiro atoms. The van der Waals surface area contributed by atoms with Crippen molar-refractivity contribution in [1.29, 1.82) is 0 Å². The SMILES string of the molecule is C=C(C)C(=O)OC(F)(F)C(F)C(F)F. The van der Waals surface area contributed by atoms with E-state index in [0.717, 1.165) is 6.92 Å². The summed E-state index contributed by atoms with van der Waals surface area (Å²) in [6.45, 7) is 3.95. The molecule has 0 aliphatic heterocycles. The molecular formula is C7H7F5O2. The van der Waals surface area contributed by atoms with Gasteiger partial charge in [0, 0.05) is 5.57 Å². The summed E-state index contributed by atoms with van der Waals surface area (Å²) < 4.78 is 63.0. The van der Waals surface area contributed by atoms with Crippen molar-refractivity contribution in [3.63, 3.8) is 0 Å². The summed E-state index contributed by atoms with van der Waals surface area (Å²) in [5.41, 5.74) is -0.439. The second-order valence-electron chi connectivity index (χ2n) is 2.47. The van der Waals surface area contributed by atoms with Gasteiger partial charge in [-0.15, -0.1) is 0 Å². The van der Waals surface area contributed by atoms with E-state index < -0.39 is 30.2 Å². The third-order valence-corrected chi connectivity index (χ3v) is 1.12. The Morgan fingerprint density at radius 3 is 2.07 bits per heavy atom. The van der Waals surface area contributed by atoms with Crippen LogP contribution in [0.25, 0.3) is 0 Å². The van der Waals surface area contributed by atoms with Crippen LogP contribution in [0, 0.1) is 0 Å². The third kappa shape index (κ3) is 3.31. The minimum absolute atomic E-state index is 0.439. The molecule has 0 aromatic carbocycles. The first kappa shape index (κ1) is 12.9. The molecule has 0 saturated heterocycles.